The Morgan fingerprint density at radius 3 is 3.06 bits per heavy atom. The summed E-state index contributed by atoms with van der Waals surface area (Å²) in [6.07, 6.45) is 3.19. The molecule has 1 heterocycles. The second-order valence-electron chi connectivity index (χ2n) is 4.58. The maximum Gasteiger partial charge on any atom is 0.0509 e. The number of rotatable bonds is 4. The highest BCUT2D eigenvalue weighted by Gasteiger charge is 2.23. The Balaban J connectivity index is 1.98. The van der Waals surface area contributed by atoms with E-state index in [2.05, 4.69) is 11.5 Å². The third kappa shape index (κ3) is 3.68. The van der Waals surface area contributed by atoms with Crippen molar-refractivity contribution >= 4 is 11.6 Å². The van der Waals surface area contributed by atoms with Crippen molar-refractivity contribution < 1.29 is 4.74 Å². The summed E-state index contributed by atoms with van der Waals surface area (Å²) in [4.78, 5) is 0. The fourth-order valence-electron chi connectivity index (χ4n) is 2.36. The number of ether oxygens (including phenoxy) is 1. The fourth-order valence-corrected chi connectivity index (χ4v) is 2.58. The SMILES string of the molecule is NNC(Cc1cccc(Cl)c1)C1CCCOC1. The van der Waals surface area contributed by atoms with Gasteiger partial charge in [0, 0.05) is 17.7 Å². The molecule has 17 heavy (non-hydrogen) atoms. The summed E-state index contributed by atoms with van der Waals surface area (Å²) in [7, 11) is 0. The number of nitrogens with two attached hydrogens (primary N) is 1. The van der Waals surface area contributed by atoms with E-state index in [1.807, 2.05) is 18.2 Å². The van der Waals surface area contributed by atoms with Crippen LogP contribution in [0.3, 0.4) is 0 Å². The van der Waals surface area contributed by atoms with Crippen LogP contribution in [0, 0.1) is 5.92 Å². The van der Waals surface area contributed by atoms with Gasteiger partial charge < -0.3 is 4.74 Å². The van der Waals surface area contributed by atoms with Gasteiger partial charge in [0.1, 0.15) is 0 Å². The second-order valence-corrected chi connectivity index (χ2v) is 5.02. The molecule has 2 rings (SSSR count). The lowest BCUT2D eigenvalue weighted by atomic mass is 9.90. The first-order chi connectivity index (χ1) is 8.29. The lowest BCUT2D eigenvalue weighted by molar-refractivity contribution is 0.0393. The number of hydrazine groups is 1. The molecule has 2 atom stereocenters. The Hall–Kier alpha value is -0.610. The molecule has 0 saturated carbocycles. The summed E-state index contributed by atoms with van der Waals surface area (Å²) >= 11 is 5.98. The van der Waals surface area contributed by atoms with Gasteiger partial charge in [-0.25, -0.2) is 0 Å². The van der Waals surface area contributed by atoms with Crippen LogP contribution in [-0.2, 0) is 11.2 Å². The Bertz CT molecular complexity index is 353. The zero-order valence-electron chi connectivity index (χ0n) is 9.86. The third-order valence-corrected chi connectivity index (χ3v) is 3.56. The zero-order valence-corrected chi connectivity index (χ0v) is 10.6. The first-order valence-corrected chi connectivity index (χ1v) is 6.45. The number of nitrogens with one attached hydrogen (secondary N) is 1. The van der Waals surface area contributed by atoms with Crippen LogP contribution in [0.15, 0.2) is 24.3 Å². The summed E-state index contributed by atoms with van der Waals surface area (Å²) in [5.41, 5.74) is 4.13. The summed E-state index contributed by atoms with van der Waals surface area (Å²) in [5, 5.41) is 0.776. The monoisotopic (exact) mass is 254 g/mol. The number of hydrogen-bond donors (Lipinski definition) is 2. The van der Waals surface area contributed by atoms with Gasteiger partial charge in [-0.15, -0.1) is 0 Å². The van der Waals surface area contributed by atoms with E-state index in [-0.39, 0.29) is 6.04 Å². The van der Waals surface area contributed by atoms with Gasteiger partial charge in [0.25, 0.3) is 0 Å². The third-order valence-electron chi connectivity index (χ3n) is 3.32. The number of halogens is 1. The molecule has 94 valence electrons. The molecule has 0 aliphatic carbocycles. The Kier molecular flexibility index (Phi) is 4.80. The molecule has 0 aromatic heterocycles. The van der Waals surface area contributed by atoms with Gasteiger partial charge in [-0.1, -0.05) is 23.7 Å². The maximum absolute atomic E-state index is 5.98. The summed E-state index contributed by atoms with van der Waals surface area (Å²) < 4.78 is 5.50. The van der Waals surface area contributed by atoms with Gasteiger partial charge in [-0.3, -0.25) is 11.3 Å². The summed E-state index contributed by atoms with van der Waals surface area (Å²) in [6.45, 7) is 1.68. The van der Waals surface area contributed by atoms with E-state index in [9.17, 15) is 0 Å². The van der Waals surface area contributed by atoms with Gasteiger partial charge in [-0.05, 0) is 42.9 Å². The predicted octanol–water partition coefficient (Wildman–Crippen LogP) is 2.14. The van der Waals surface area contributed by atoms with E-state index in [1.54, 1.807) is 0 Å². The molecule has 4 heteroatoms. The van der Waals surface area contributed by atoms with E-state index in [1.165, 1.54) is 12.0 Å². The molecule has 2 unspecified atom stereocenters. The quantitative estimate of drug-likeness (QED) is 0.639. The van der Waals surface area contributed by atoms with Crippen molar-refractivity contribution in [1.82, 2.24) is 5.43 Å². The maximum atomic E-state index is 5.98. The first-order valence-electron chi connectivity index (χ1n) is 6.08. The molecule has 3 N–H and O–H groups in total. The minimum atomic E-state index is 0.258. The summed E-state index contributed by atoms with van der Waals surface area (Å²) in [6, 6.07) is 8.20. The van der Waals surface area contributed by atoms with Gasteiger partial charge in [0.2, 0.25) is 0 Å². The van der Waals surface area contributed by atoms with Crippen molar-refractivity contribution in [3.8, 4) is 0 Å². The molecule has 1 aromatic rings. The molecule has 1 aliphatic rings. The predicted molar refractivity (Wildman–Crippen MR) is 69.8 cm³/mol. The molecule has 1 fully saturated rings. The largest absolute Gasteiger partial charge is 0.381 e. The van der Waals surface area contributed by atoms with Crippen molar-refractivity contribution in [1.29, 1.82) is 0 Å². The normalized spacial score (nSPS) is 22.4. The lowest BCUT2D eigenvalue weighted by Crippen LogP contribution is -2.45. The molecule has 0 bridgehead atoms. The topological polar surface area (TPSA) is 47.3 Å². The van der Waals surface area contributed by atoms with Crippen molar-refractivity contribution in [2.45, 2.75) is 25.3 Å². The molecule has 0 radical (unpaired) electrons. The van der Waals surface area contributed by atoms with Crippen molar-refractivity contribution in [3.05, 3.63) is 34.9 Å². The van der Waals surface area contributed by atoms with Crippen LogP contribution in [0.2, 0.25) is 5.02 Å². The highest BCUT2D eigenvalue weighted by atomic mass is 35.5. The van der Waals surface area contributed by atoms with Crippen LogP contribution in [-0.4, -0.2) is 19.3 Å². The van der Waals surface area contributed by atoms with Crippen LogP contribution in [0.1, 0.15) is 18.4 Å². The smallest absolute Gasteiger partial charge is 0.0509 e. The van der Waals surface area contributed by atoms with Gasteiger partial charge in [0.15, 0.2) is 0 Å². The Morgan fingerprint density at radius 1 is 1.53 bits per heavy atom. The van der Waals surface area contributed by atoms with E-state index in [4.69, 9.17) is 22.2 Å². The Labute approximate surface area is 107 Å². The molecular weight excluding hydrogens is 236 g/mol. The highest BCUT2D eigenvalue weighted by molar-refractivity contribution is 6.30. The first kappa shape index (κ1) is 12.8. The lowest BCUT2D eigenvalue weighted by Gasteiger charge is -2.29. The van der Waals surface area contributed by atoms with E-state index < -0.39 is 0 Å². The van der Waals surface area contributed by atoms with Crippen molar-refractivity contribution in [3.63, 3.8) is 0 Å². The molecule has 3 nitrogen and oxygen atoms in total. The van der Waals surface area contributed by atoms with Gasteiger partial charge in [0.05, 0.1) is 6.61 Å². The summed E-state index contributed by atoms with van der Waals surface area (Å²) in [5.74, 6) is 6.14. The zero-order chi connectivity index (χ0) is 12.1. The minimum Gasteiger partial charge on any atom is -0.381 e. The van der Waals surface area contributed by atoms with Crippen LogP contribution < -0.4 is 11.3 Å². The van der Waals surface area contributed by atoms with Gasteiger partial charge >= 0.3 is 0 Å². The van der Waals surface area contributed by atoms with Gasteiger partial charge in [-0.2, -0.15) is 0 Å². The van der Waals surface area contributed by atoms with Crippen LogP contribution in [0.25, 0.3) is 0 Å². The van der Waals surface area contributed by atoms with E-state index in [0.29, 0.717) is 5.92 Å². The van der Waals surface area contributed by atoms with Crippen molar-refractivity contribution in [2.75, 3.05) is 13.2 Å². The Morgan fingerprint density at radius 2 is 2.41 bits per heavy atom. The molecule has 0 spiro atoms. The van der Waals surface area contributed by atoms with Crippen LogP contribution >= 0.6 is 11.6 Å². The standard InChI is InChI=1S/C13H19ClN2O/c14-12-5-1-3-10(7-12)8-13(16-15)11-4-2-6-17-9-11/h1,3,5,7,11,13,16H,2,4,6,8-9,15H2. The fraction of sp³-hybridized carbons (Fsp3) is 0.538. The molecule has 0 amide bonds. The molecule has 1 aromatic carbocycles. The van der Waals surface area contributed by atoms with Crippen LogP contribution in [0.4, 0.5) is 0 Å². The van der Waals surface area contributed by atoms with E-state index >= 15 is 0 Å². The molecular formula is C13H19ClN2O. The van der Waals surface area contributed by atoms with E-state index in [0.717, 1.165) is 31.1 Å². The molecule has 1 saturated heterocycles. The van der Waals surface area contributed by atoms with Crippen LogP contribution in [0.5, 0.6) is 0 Å². The average molecular weight is 255 g/mol. The number of benzene rings is 1. The second kappa shape index (κ2) is 6.36. The minimum absolute atomic E-state index is 0.258. The number of hydrogen-bond acceptors (Lipinski definition) is 3. The average Bonchev–Trinajstić information content (AvgIpc) is 2.37. The van der Waals surface area contributed by atoms with Crippen molar-refractivity contribution in [2.24, 2.45) is 11.8 Å². The highest BCUT2D eigenvalue weighted by Crippen LogP contribution is 2.21. The molecule has 1 aliphatic heterocycles.